The highest BCUT2D eigenvalue weighted by Crippen LogP contribution is 2.25. The molecule has 0 saturated carbocycles. The standard InChI is InChI=1S/C23H16O2/c24-23(25-22-8-2-1-3-9-22)19-13-10-18(11-14-19)21-15-12-17-6-4-5-7-20(17)16-21/h1-16H. The van der Waals surface area contributed by atoms with Crippen LogP contribution in [0.1, 0.15) is 10.4 Å². The summed E-state index contributed by atoms with van der Waals surface area (Å²) in [6, 6.07) is 31.2. The molecule has 0 heterocycles. The molecule has 2 heteroatoms. The van der Waals surface area contributed by atoms with Gasteiger partial charge in [0.25, 0.3) is 0 Å². The lowest BCUT2D eigenvalue weighted by atomic mass is 10.0. The smallest absolute Gasteiger partial charge is 0.343 e. The molecule has 4 rings (SSSR count). The van der Waals surface area contributed by atoms with Crippen LogP contribution in [0.5, 0.6) is 5.75 Å². The molecule has 0 atom stereocenters. The Balaban J connectivity index is 1.57. The van der Waals surface area contributed by atoms with Crippen molar-refractivity contribution in [2.75, 3.05) is 0 Å². The van der Waals surface area contributed by atoms with Crippen LogP contribution < -0.4 is 4.74 Å². The van der Waals surface area contributed by atoms with E-state index in [1.165, 1.54) is 10.8 Å². The van der Waals surface area contributed by atoms with Gasteiger partial charge in [-0.05, 0) is 52.2 Å². The zero-order chi connectivity index (χ0) is 17.1. The molecule has 0 aliphatic rings. The van der Waals surface area contributed by atoms with Crippen LogP contribution in [0.3, 0.4) is 0 Å². The Kier molecular flexibility index (Phi) is 4.01. The van der Waals surface area contributed by atoms with Gasteiger partial charge in [0.2, 0.25) is 0 Å². The Morgan fingerprint density at radius 1 is 0.600 bits per heavy atom. The van der Waals surface area contributed by atoms with E-state index in [0.29, 0.717) is 11.3 Å². The fraction of sp³-hybridized carbons (Fsp3) is 0. The van der Waals surface area contributed by atoms with Crippen molar-refractivity contribution < 1.29 is 9.53 Å². The lowest BCUT2D eigenvalue weighted by Gasteiger charge is -2.07. The van der Waals surface area contributed by atoms with Gasteiger partial charge in [-0.1, -0.05) is 66.7 Å². The zero-order valence-corrected chi connectivity index (χ0v) is 13.6. The number of hydrogen-bond acceptors (Lipinski definition) is 2. The summed E-state index contributed by atoms with van der Waals surface area (Å²) < 4.78 is 5.36. The van der Waals surface area contributed by atoms with Crippen LogP contribution in [0.2, 0.25) is 0 Å². The van der Waals surface area contributed by atoms with Crippen molar-refractivity contribution in [1.82, 2.24) is 0 Å². The number of rotatable bonds is 3. The molecule has 2 nitrogen and oxygen atoms in total. The molecule has 120 valence electrons. The SMILES string of the molecule is O=C(Oc1ccccc1)c1ccc(-c2ccc3ccccc3c2)cc1. The number of benzene rings is 4. The van der Waals surface area contributed by atoms with Gasteiger partial charge < -0.3 is 4.74 Å². The highest BCUT2D eigenvalue weighted by Gasteiger charge is 2.09. The second kappa shape index (κ2) is 6.62. The lowest BCUT2D eigenvalue weighted by Crippen LogP contribution is -2.08. The average molecular weight is 324 g/mol. The van der Waals surface area contributed by atoms with Gasteiger partial charge in [-0.25, -0.2) is 4.79 Å². The topological polar surface area (TPSA) is 26.3 Å². The maximum absolute atomic E-state index is 12.2. The summed E-state index contributed by atoms with van der Waals surface area (Å²) in [6.45, 7) is 0. The van der Waals surface area contributed by atoms with Gasteiger partial charge in [0.1, 0.15) is 5.75 Å². The fourth-order valence-corrected chi connectivity index (χ4v) is 2.82. The summed E-state index contributed by atoms with van der Waals surface area (Å²) in [5, 5.41) is 2.42. The van der Waals surface area contributed by atoms with Gasteiger partial charge in [0.15, 0.2) is 0 Å². The maximum atomic E-state index is 12.2. The second-order valence-electron chi connectivity index (χ2n) is 5.84. The second-order valence-corrected chi connectivity index (χ2v) is 5.84. The minimum atomic E-state index is -0.351. The molecule has 0 bridgehead atoms. The fourth-order valence-electron chi connectivity index (χ4n) is 2.82. The van der Waals surface area contributed by atoms with E-state index in [1.807, 2.05) is 42.5 Å². The monoisotopic (exact) mass is 324 g/mol. The zero-order valence-electron chi connectivity index (χ0n) is 13.6. The first kappa shape index (κ1) is 15.2. The number of carbonyl (C=O) groups is 1. The van der Waals surface area contributed by atoms with Gasteiger partial charge in [-0.3, -0.25) is 0 Å². The van der Waals surface area contributed by atoms with Crippen molar-refractivity contribution in [1.29, 1.82) is 0 Å². The third kappa shape index (κ3) is 3.29. The number of para-hydroxylation sites is 1. The first-order valence-corrected chi connectivity index (χ1v) is 8.16. The highest BCUT2D eigenvalue weighted by atomic mass is 16.5. The number of fused-ring (bicyclic) bond motifs is 1. The van der Waals surface area contributed by atoms with Crippen molar-refractivity contribution >= 4 is 16.7 Å². The lowest BCUT2D eigenvalue weighted by molar-refractivity contribution is 0.0735. The summed E-state index contributed by atoms with van der Waals surface area (Å²) >= 11 is 0. The minimum absolute atomic E-state index is 0.351. The molecule has 25 heavy (non-hydrogen) atoms. The Labute approximate surface area is 146 Å². The van der Waals surface area contributed by atoms with E-state index in [9.17, 15) is 4.79 Å². The molecule has 0 fully saturated rings. The molecule has 0 aliphatic carbocycles. The quantitative estimate of drug-likeness (QED) is 0.355. The van der Waals surface area contributed by atoms with E-state index >= 15 is 0 Å². The Bertz CT molecular complexity index is 1020. The van der Waals surface area contributed by atoms with Crippen molar-refractivity contribution in [2.45, 2.75) is 0 Å². The molecule has 0 spiro atoms. The van der Waals surface area contributed by atoms with E-state index in [4.69, 9.17) is 4.74 Å². The van der Waals surface area contributed by atoms with E-state index in [1.54, 1.807) is 24.3 Å². The summed E-state index contributed by atoms with van der Waals surface area (Å²) in [5.41, 5.74) is 2.73. The van der Waals surface area contributed by atoms with Crippen LogP contribution in [0, 0.1) is 0 Å². The van der Waals surface area contributed by atoms with E-state index in [0.717, 1.165) is 11.1 Å². The third-order valence-corrected chi connectivity index (χ3v) is 4.16. The Morgan fingerprint density at radius 3 is 2.00 bits per heavy atom. The molecule has 0 radical (unpaired) electrons. The summed E-state index contributed by atoms with van der Waals surface area (Å²) in [6.07, 6.45) is 0. The van der Waals surface area contributed by atoms with Crippen LogP contribution in [0.25, 0.3) is 21.9 Å². The molecule has 4 aromatic rings. The van der Waals surface area contributed by atoms with Crippen LogP contribution in [-0.2, 0) is 0 Å². The first-order valence-electron chi connectivity index (χ1n) is 8.16. The summed E-state index contributed by atoms with van der Waals surface area (Å²) in [7, 11) is 0. The molecule has 0 unspecified atom stereocenters. The Hall–Kier alpha value is -3.39. The third-order valence-electron chi connectivity index (χ3n) is 4.16. The van der Waals surface area contributed by atoms with Crippen LogP contribution >= 0.6 is 0 Å². The van der Waals surface area contributed by atoms with Gasteiger partial charge >= 0.3 is 5.97 Å². The van der Waals surface area contributed by atoms with Crippen molar-refractivity contribution in [2.24, 2.45) is 0 Å². The molecule has 0 amide bonds. The number of hydrogen-bond donors (Lipinski definition) is 0. The van der Waals surface area contributed by atoms with Crippen molar-refractivity contribution in [3.8, 4) is 16.9 Å². The van der Waals surface area contributed by atoms with Gasteiger partial charge in [-0.15, -0.1) is 0 Å². The molecule has 0 saturated heterocycles. The van der Waals surface area contributed by atoms with Crippen LogP contribution in [0.4, 0.5) is 0 Å². The molecule has 0 aromatic heterocycles. The molecular weight excluding hydrogens is 308 g/mol. The van der Waals surface area contributed by atoms with Crippen molar-refractivity contribution in [3.05, 3.63) is 103 Å². The highest BCUT2D eigenvalue weighted by molar-refractivity contribution is 5.92. The first-order chi connectivity index (χ1) is 12.3. The average Bonchev–Trinajstić information content (AvgIpc) is 2.68. The Morgan fingerprint density at radius 2 is 1.24 bits per heavy atom. The van der Waals surface area contributed by atoms with Crippen LogP contribution in [-0.4, -0.2) is 5.97 Å². The summed E-state index contributed by atoms with van der Waals surface area (Å²) in [5.74, 6) is 0.197. The predicted molar refractivity (Wildman–Crippen MR) is 101 cm³/mol. The van der Waals surface area contributed by atoms with Gasteiger partial charge in [0, 0.05) is 0 Å². The summed E-state index contributed by atoms with van der Waals surface area (Å²) in [4.78, 5) is 12.2. The maximum Gasteiger partial charge on any atom is 0.343 e. The van der Waals surface area contributed by atoms with E-state index in [2.05, 4.69) is 30.3 Å². The van der Waals surface area contributed by atoms with Gasteiger partial charge in [-0.2, -0.15) is 0 Å². The van der Waals surface area contributed by atoms with E-state index < -0.39 is 0 Å². The molecular formula is C23H16O2. The van der Waals surface area contributed by atoms with Crippen molar-refractivity contribution in [3.63, 3.8) is 0 Å². The largest absolute Gasteiger partial charge is 0.423 e. The normalized spacial score (nSPS) is 10.6. The number of carbonyl (C=O) groups excluding carboxylic acids is 1. The minimum Gasteiger partial charge on any atom is -0.423 e. The molecule has 0 aliphatic heterocycles. The molecule has 4 aromatic carbocycles. The van der Waals surface area contributed by atoms with Crippen LogP contribution in [0.15, 0.2) is 97.1 Å². The molecule has 0 N–H and O–H groups in total. The van der Waals surface area contributed by atoms with E-state index in [-0.39, 0.29) is 5.97 Å². The van der Waals surface area contributed by atoms with Gasteiger partial charge in [0.05, 0.1) is 5.56 Å². The number of ether oxygens (including phenoxy) is 1. The predicted octanol–water partition coefficient (Wildman–Crippen LogP) is 5.73. The number of esters is 1.